The van der Waals surface area contributed by atoms with Crippen LogP contribution in [0.15, 0.2) is 28.8 Å². The Morgan fingerprint density at radius 3 is 2.22 bits per heavy atom. The number of hydrogen-bond acceptors (Lipinski definition) is 2. The maximum absolute atomic E-state index is 13.0. The number of aromatic nitrogens is 1. The van der Waals surface area contributed by atoms with Crippen molar-refractivity contribution in [3.05, 3.63) is 40.9 Å². The molecule has 0 amide bonds. The summed E-state index contributed by atoms with van der Waals surface area (Å²) in [6.07, 6.45) is 11.0. The molecule has 1 heterocycles. The molecular weight excluding hydrogens is 313 g/mol. The number of nitrogens with zero attached hydrogens (tertiary/aromatic N) is 1. The molecule has 0 atom stereocenters. The van der Waals surface area contributed by atoms with E-state index in [0.717, 1.165) is 24.2 Å². The quantitative estimate of drug-likeness (QED) is 0.445. The van der Waals surface area contributed by atoms with Crippen molar-refractivity contribution in [1.29, 1.82) is 0 Å². The minimum absolute atomic E-state index is 0.271. The smallest absolute Gasteiger partial charge is 0.155 e. The first-order valence-electron chi connectivity index (χ1n) is 8.62. The van der Waals surface area contributed by atoms with Crippen LogP contribution in [0.2, 0.25) is 5.02 Å². The average Bonchev–Trinajstić information content (AvgIpc) is 2.92. The molecule has 0 saturated heterocycles. The predicted molar refractivity (Wildman–Crippen MR) is 93.2 cm³/mol. The van der Waals surface area contributed by atoms with Crippen LogP contribution >= 0.6 is 11.6 Å². The van der Waals surface area contributed by atoms with Gasteiger partial charge >= 0.3 is 0 Å². The van der Waals surface area contributed by atoms with Gasteiger partial charge in [-0.05, 0) is 30.7 Å². The summed E-state index contributed by atoms with van der Waals surface area (Å²) in [5, 5.41) is 4.59. The zero-order valence-corrected chi connectivity index (χ0v) is 14.5. The van der Waals surface area contributed by atoms with E-state index in [1.165, 1.54) is 57.1 Å². The molecule has 0 aliphatic rings. The molecule has 0 aliphatic carbocycles. The minimum atomic E-state index is -0.271. The molecule has 0 aliphatic heterocycles. The fourth-order valence-corrected chi connectivity index (χ4v) is 2.95. The summed E-state index contributed by atoms with van der Waals surface area (Å²) in [5.74, 6) is 0.463. The second-order valence-corrected chi connectivity index (χ2v) is 6.38. The van der Waals surface area contributed by atoms with E-state index in [0.29, 0.717) is 10.7 Å². The van der Waals surface area contributed by atoms with Crippen LogP contribution in [-0.4, -0.2) is 5.16 Å². The first-order chi connectivity index (χ1) is 11.2. The molecule has 0 radical (unpaired) electrons. The lowest BCUT2D eigenvalue weighted by molar-refractivity contribution is 0.380. The molecule has 0 N–H and O–H groups in total. The van der Waals surface area contributed by atoms with E-state index >= 15 is 0 Å². The van der Waals surface area contributed by atoms with Gasteiger partial charge in [0.05, 0.1) is 0 Å². The molecule has 126 valence electrons. The summed E-state index contributed by atoms with van der Waals surface area (Å²) in [4.78, 5) is 0. The minimum Gasteiger partial charge on any atom is -0.359 e. The van der Waals surface area contributed by atoms with Crippen molar-refractivity contribution in [3.63, 3.8) is 0 Å². The van der Waals surface area contributed by atoms with E-state index in [-0.39, 0.29) is 5.82 Å². The Morgan fingerprint density at radius 1 is 0.957 bits per heavy atom. The Morgan fingerprint density at radius 2 is 1.57 bits per heavy atom. The third kappa shape index (κ3) is 5.65. The van der Waals surface area contributed by atoms with Crippen molar-refractivity contribution in [2.45, 2.75) is 64.7 Å². The lowest BCUT2D eigenvalue weighted by atomic mass is 10.1. The second kappa shape index (κ2) is 9.71. The molecule has 23 heavy (non-hydrogen) atoms. The predicted octanol–water partition coefficient (Wildman–Crippen LogP) is 6.82. The van der Waals surface area contributed by atoms with Gasteiger partial charge in [-0.3, -0.25) is 0 Å². The van der Waals surface area contributed by atoms with Gasteiger partial charge in [-0.1, -0.05) is 68.6 Å². The van der Waals surface area contributed by atoms with E-state index in [1.807, 2.05) is 0 Å². The largest absolute Gasteiger partial charge is 0.359 e. The van der Waals surface area contributed by atoms with Crippen LogP contribution in [0.4, 0.5) is 4.39 Å². The summed E-state index contributed by atoms with van der Waals surface area (Å²) in [5.41, 5.74) is 1.38. The molecule has 2 aromatic rings. The molecule has 0 bridgehead atoms. The highest BCUT2D eigenvalue weighted by molar-refractivity contribution is 6.33. The van der Waals surface area contributed by atoms with Gasteiger partial charge in [-0.15, -0.1) is 0 Å². The van der Waals surface area contributed by atoms with Gasteiger partial charge in [0.1, 0.15) is 16.5 Å². The normalized spacial score (nSPS) is 11.1. The van der Waals surface area contributed by atoms with E-state index in [9.17, 15) is 4.39 Å². The molecule has 1 aromatic carbocycles. The number of unbranched alkanes of at least 4 members (excludes halogenated alkanes) is 7. The van der Waals surface area contributed by atoms with E-state index in [2.05, 4.69) is 12.1 Å². The third-order valence-corrected chi connectivity index (χ3v) is 4.46. The highest BCUT2D eigenvalue weighted by Gasteiger charge is 2.15. The average molecular weight is 338 g/mol. The van der Waals surface area contributed by atoms with Gasteiger partial charge in [-0.2, -0.15) is 0 Å². The topological polar surface area (TPSA) is 26.0 Å². The van der Waals surface area contributed by atoms with Gasteiger partial charge in [0.25, 0.3) is 0 Å². The maximum Gasteiger partial charge on any atom is 0.155 e. The maximum atomic E-state index is 13.0. The van der Waals surface area contributed by atoms with Crippen molar-refractivity contribution in [2.75, 3.05) is 0 Å². The van der Waals surface area contributed by atoms with Gasteiger partial charge in [-0.25, -0.2) is 4.39 Å². The summed E-state index contributed by atoms with van der Waals surface area (Å²) in [6, 6.07) is 6.13. The highest BCUT2D eigenvalue weighted by atomic mass is 35.5. The monoisotopic (exact) mass is 337 g/mol. The van der Waals surface area contributed by atoms with E-state index in [1.54, 1.807) is 12.1 Å². The number of halogens is 2. The Labute approximate surface area is 143 Å². The number of benzene rings is 1. The molecule has 1 aromatic heterocycles. The van der Waals surface area contributed by atoms with Gasteiger partial charge < -0.3 is 4.52 Å². The van der Waals surface area contributed by atoms with Crippen LogP contribution < -0.4 is 0 Å². The van der Waals surface area contributed by atoms with Crippen molar-refractivity contribution >= 4 is 11.6 Å². The van der Waals surface area contributed by atoms with Gasteiger partial charge in [0.15, 0.2) is 5.76 Å². The summed E-state index contributed by atoms with van der Waals surface area (Å²) in [6.45, 7) is 2.24. The Kier molecular flexibility index (Phi) is 7.60. The van der Waals surface area contributed by atoms with E-state index in [4.69, 9.17) is 16.1 Å². The number of hydrogen-bond donors (Lipinski definition) is 0. The van der Waals surface area contributed by atoms with Crippen LogP contribution in [0.1, 0.15) is 64.1 Å². The van der Waals surface area contributed by atoms with Crippen LogP contribution in [0.25, 0.3) is 11.3 Å². The second-order valence-electron chi connectivity index (χ2n) is 6.00. The fraction of sp³-hybridized carbons (Fsp3) is 0.526. The number of aryl methyl sites for hydroxylation is 1. The lowest BCUT2D eigenvalue weighted by Crippen LogP contribution is -1.86. The van der Waals surface area contributed by atoms with E-state index < -0.39 is 0 Å². The molecule has 0 spiro atoms. The Hall–Kier alpha value is -1.35. The zero-order chi connectivity index (χ0) is 16.5. The van der Waals surface area contributed by atoms with Crippen molar-refractivity contribution in [2.24, 2.45) is 0 Å². The summed E-state index contributed by atoms with van der Waals surface area (Å²) >= 11 is 6.35. The third-order valence-electron chi connectivity index (χ3n) is 4.07. The number of rotatable bonds is 10. The molecular formula is C19H25ClFNO. The summed E-state index contributed by atoms with van der Waals surface area (Å²) in [7, 11) is 0. The standard InChI is InChI=1S/C19H25ClFNO/c1-2-3-4-5-6-7-8-9-10-17-18(20)19(22-23-17)15-11-13-16(21)14-12-15/h11-14H,2-10H2,1H3. The molecule has 2 nitrogen and oxygen atoms in total. The SMILES string of the molecule is CCCCCCCCCCc1onc(-c2ccc(F)cc2)c1Cl. The molecule has 0 fully saturated rings. The van der Waals surface area contributed by atoms with Gasteiger partial charge in [0, 0.05) is 12.0 Å². The lowest BCUT2D eigenvalue weighted by Gasteiger charge is -2.01. The zero-order valence-electron chi connectivity index (χ0n) is 13.8. The fourth-order valence-electron chi connectivity index (χ4n) is 2.67. The molecule has 2 rings (SSSR count). The van der Waals surface area contributed by atoms with Gasteiger partial charge in [0.2, 0.25) is 0 Å². The summed E-state index contributed by atoms with van der Waals surface area (Å²) < 4.78 is 18.3. The first kappa shape index (κ1) is 18.0. The molecule has 4 heteroatoms. The van der Waals surface area contributed by atoms with Crippen LogP contribution in [-0.2, 0) is 6.42 Å². The van der Waals surface area contributed by atoms with Crippen LogP contribution in [0, 0.1) is 5.82 Å². The Balaban J connectivity index is 1.75. The molecule has 0 saturated carbocycles. The van der Waals surface area contributed by atoms with Crippen molar-refractivity contribution in [1.82, 2.24) is 5.16 Å². The van der Waals surface area contributed by atoms with Crippen LogP contribution in [0.3, 0.4) is 0 Å². The van der Waals surface area contributed by atoms with Crippen LogP contribution in [0.5, 0.6) is 0 Å². The highest BCUT2D eigenvalue weighted by Crippen LogP contribution is 2.31. The first-order valence-corrected chi connectivity index (χ1v) is 9.00. The van der Waals surface area contributed by atoms with Crippen molar-refractivity contribution in [3.8, 4) is 11.3 Å². The molecule has 0 unspecified atom stereocenters. The Bertz CT molecular complexity index is 580. The van der Waals surface area contributed by atoms with Crippen molar-refractivity contribution < 1.29 is 8.91 Å².